The Morgan fingerprint density at radius 1 is 1.00 bits per heavy atom. The number of rotatable bonds is 3. The molecular formula is C17H16FN3. The predicted molar refractivity (Wildman–Crippen MR) is 83.2 cm³/mol. The number of anilines is 2. The maximum Gasteiger partial charge on any atom is 0.152 e. The molecule has 0 aliphatic heterocycles. The van der Waals surface area contributed by atoms with Gasteiger partial charge in [0, 0.05) is 17.3 Å². The van der Waals surface area contributed by atoms with Crippen molar-refractivity contribution in [3.05, 3.63) is 65.5 Å². The molecule has 0 saturated heterocycles. The third kappa shape index (κ3) is 2.79. The summed E-state index contributed by atoms with van der Waals surface area (Å²) in [7, 11) is 0. The Morgan fingerprint density at radius 2 is 1.81 bits per heavy atom. The van der Waals surface area contributed by atoms with E-state index in [0.29, 0.717) is 5.82 Å². The number of aromatic nitrogens is 2. The van der Waals surface area contributed by atoms with Gasteiger partial charge in [-0.3, -0.25) is 5.10 Å². The first-order valence-corrected chi connectivity index (χ1v) is 6.78. The first-order valence-electron chi connectivity index (χ1n) is 6.78. The zero-order valence-electron chi connectivity index (χ0n) is 11.9. The standard InChI is InChI=1S/C17H16FN3/c1-11-5-3-4-6-14(11)16-10-17(21-20-16)19-15-8-7-13(18)9-12(15)2/h3-10H,1-2H3,(H2,19,20,21). The number of aromatic amines is 1. The Kier molecular flexibility index (Phi) is 3.44. The van der Waals surface area contributed by atoms with E-state index in [4.69, 9.17) is 0 Å². The highest BCUT2D eigenvalue weighted by Crippen LogP contribution is 2.25. The van der Waals surface area contributed by atoms with Crippen LogP contribution >= 0.6 is 0 Å². The van der Waals surface area contributed by atoms with Crippen LogP contribution in [0.5, 0.6) is 0 Å². The van der Waals surface area contributed by atoms with Gasteiger partial charge in [-0.25, -0.2) is 4.39 Å². The molecule has 106 valence electrons. The molecular weight excluding hydrogens is 265 g/mol. The van der Waals surface area contributed by atoms with E-state index < -0.39 is 0 Å². The van der Waals surface area contributed by atoms with E-state index in [9.17, 15) is 4.39 Å². The minimum Gasteiger partial charge on any atom is -0.339 e. The maximum absolute atomic E-state index is 13.1. The van der Waals surface area contributed by atoms with E-state index in [0.717, 1.165) is 22.5 Å². The molecule has 4 heteroatoms. The predicted octanol–water partition coefficient (Wildman–Crippen LogP) is 4.58. The molecule has 1 aromatic heterocycles. The minimum absolute atomic E-state index is 0.235. The lowest BCUT2D eigenvalue weighted by atomic mass is 10.1. The number of halogens is 1. The summed E-state index contributed by atoms with van der Waals surface area (Å²) >= 11 is 0. The monoisotopic (exact) mass is 281 g/mol. The van der Waals surface area contributed by atoms with Crippen LogP contribution in [0.15, 0.2) is 48.5 Å². The fourth-order valence-corrected chi connectivity index (χ4v) is 2.30. The van der Waals surface area contributed by atoms with E-state index >= 15 is 0 Å². The summed E-state index contributed by atoms with van der Waals surface area (Å²) in [6.07, 6.45) is 0. The second kappa shape index (κ2) is 5.40. The van der Waals surface area contributed by atoms with Gasteiger partial charge in [0.25, 0.3) is 0 Å². The van der Waals surface area contributed by atoms with Gasteiger partial charge in [0.2, 0.25) is 0 Å². The summed E-state index contributed by atoms with van der Waals surface area (Å²) in [6.45, 7) is 3.92. The molecule has 0 radical (unpaired) electrons. The van der Waals surface area contributed by atoms with Gasteiger partial charge < -0.3 is 5.32 Å². The smallest absolute Gasteiger partial charge is 0.152 e. The average molecular weight is 281 g/mol. The zero-order valence-corrected chi connectivity index (χ0v) is 11.9. The van der Waals surface area contributed by atoms with Gasteiger partial charge in [-0.1, -0.05) is 24.3 Å². The molecule has 0 aliphatic rings. The SMILES string of the molecule is Cc1cc(F)ccc1Nc1cc(-c2ccccc2C)[nH]n1. The lowest BCUT2D eigenvalue weighted by molar-refractivity contribution is 0.627. The largest absolute Gasteiger partial charge is 0.339 e. The average Bonchev–Trinajstić information content (AvgIpc) is 2.91. The van der Waals surface area contributed by atoms with Crippen LogP contribution in [0.2, 0.25) is 0 Å². The van der Waals surface area contributed by atoms with E-state index in [1.54, 1.807) is 6.07 Å². The van der Waals surface area contributed by atoms with Gasteiger partial charge in [-0.2, -0.15) is 5.10 Å². The van der Waals surface area contributed by atoms with E-state index in [1.807, 2.05) is 25.1 Å². The molecule has 0 unspecified atom stereocenters. The van der Waals surface area contributed by atoms with Crippen molar-refractivity contribution < 1.29 is 4.39 Å². The Morgan fingerprint density at radius 3 is 2.57 bits per heavy atom. The van der Waals surface area contributed by atoms with E-state index in [1.165, 1.54) is 17.7 Å². The molecule has 0 spiro atoms. The van der Waals surface area contributed by atoms with Crippen LogP contribution in [-0.2, 0) is 0 Å². The summed E-state index contributed by atoms with van der Waals surface area (Å²) in [5.74, 6) is 0.476. The summed E-state index contributed by atoms with van der Waals surface area (Å²) < 4.78 is 13.1. The summed E-state index contributed by atoms with van der Waals surface area (Å²) in [5.41, 5.74) is 4.95. The lowest BCUT2D eigenvalue weighted by Crippen LogP contribution is -1.93. The van der Waals surface area contributed by atoms with Crippen LogP contribution in [-0.4, -0.2) is 10.2 Å². The Hall–Kier alpha value is -2.62. The van der Waals surface area contributed by atoms with Crippen molar-refractivity contribution in [1.82, 2.24) is 10.2 Å². The third-order valence-corrected chi connectivity index (χ3v) is 3.46. The second-order valence-corrected chi connectivity index (χ2v) is 5.07. The molecule has 1 heterocycles. The van der Waals surface area contributed by atoms with Crippen molar-refractivity contribution in [2.24, 2.45) is 0 Å². The van der Waals surface area contributed by atoms with Crippen molar-refractivity contribution in [2.45, 2.75) is 13.8 Å². The third-order valence-electron chi connectivity index (χ3n) is 3.46. The van der Waals surface area contributed by atoms with Crippen LogP contribution in [0.1, 0.15) is 11.1 Å². The number of nitrogens with zero attached hydrogens (tertiary/aromatic N) is 1. The molecule has 2 N–H and O–H groups in total. The highest BCUT2D eigenvalue weighted by Gasteiger charge is 2.07. The normalized spacial score (nSPS) is 10.6. The molecule has 3 rings (SSSR count). The van der Waals surface area contributed by atoms with Crippen molar-refractivity contribution in [1.29, 1.82) is 0 Å². The number of H-pyrrole nitrogens is 1. The zero-order chi connectivity index (χ0) is 14.8. The minimum atomic E-state index is -0.235. The number of nitrogens with one attached hydrogen (secondary N) is 2. The highest BCUT2D eigenvalue weighted by molar-refractivity contribution is 5.69. The Balaban J connectivity index is 1.87. The molecule has 3 aromatic rings. The van der Waals surface area contributed by atoms with Crippen molar-refractivity contribution in [2.75, 3.05) is 5.32 Å². The van der Waals surface area contributed by atoms with E-state index in [-0.39, 0.29) is 5.82 Å². The van der Waals surface area contributed by atoms with Crippen LogP contribution < -0.4 is 5.32 Å². The number of benzene rings is 2. The fourth-order valence-electron chi connectivity index (χ4n) is 2.30. The molecule has 3 nitrogen and oxygen atoms in total. The van der Waals surface area contributed by atoms with Gasteiger partial charge >= 0.3 is 0 Å². The Bertz CT molecular complexity index is 777. The maximum atomic E-state index is 13.1. The second-order valence-electron chi connectivity index (χ2n) is 5.07. The number of aryl methyl sites for hydroxylation is 2. The topological polar surface area (TPSA) is 40.7 Å². The molecule has 0 aliphatic carbocycles. The fraction of sp³-hybridized carbons (Fsp3) is 0.118. The van der Waals surface area contributed by atoms with E-state index in [2.05, 4.69) is 34.6 Å². The van der Waals surface area contributed by atoms with Crippen LogP contribution in [0.4, 0.5) is 15.9 Å². The highest BCUT2D eigenvalue weighted by atomic mass is 19.1. The molecule has 0 saturated carbocycles. The quantitative estimate of drug-likeness (QED) is 0.738. The number of hydrogen-bond acceptors (Lipinski definition) is 2. The van der Waals surface area contributed by atoms with Gasteiger partial charge in [0.05, 0.1) is 5.69 Å². The molecule has 2 aromatic carbocycles. The summed E-state index contributed by atoms with van der Waals surface area (Å²) in [5, 5.41) is 10.5. The van der Waals surface area contributed by atoms with Crippen LogP contribution in [0, 0.1) is 19.7 Å². The van der Waals surface area contributed by atoms with Gasteiger partial charge in [-0.05, 0) is 43.2 Å². The molecule has 21 heavy (non-hydrogen) atoms. The molecule has 0 amide bonds. The Labute approximate surface area is 122 Å². The molecule has 0 atom stereocenters. The van der Waals surface area contributed by atoms with Gasteiger partial charge in [0.15, 0.2) is 5.82 Å². The summed E-state index contributed by atoms with van der Waals surface area (Å²) in [4.78, 5) is 0. The van der Waals surface area contributed by atoms with Gasteiger partial charge in [-0.15, -0.1) is 0 Å². The lowest BCUT2D eigenvalue weighted by Gasteiger charge is -2.06. The van der Waals surface area contributed by atoms with Crippen molar-refractivity contribution >= 4 is 11.5 Å². The van der Waals surface area contributed by atoms with Crippen molar-refractivity contribution in [3.8, 4) is 11.3 Å². The van der Waals surface area contributed by atoms with Gasteiger partial charge in [0.1, 0.15) is 5.82 Å². The molecule has 0 fully saturated rings. The molecule has 0 bridgehead atoms. The van der Waals surface area contributed by atoms with Crippen LogP contribution in [0.3, 0.4) is 0 Å². The first-order chi connectivity index (χ1) is 10.1. The number of hydrogen-bond donors (Lipinski definition) is 2. The first kappa shape index (κ1) is 13.4. The van der Waals surface area contributed by atoms with Crippen molar-refractivity contribution in [3.63, 3.8) is 0 Å². The van der Waals surface area contributed by atoms with Crippen LogP contribution in [0.25, 0.3) is 11.3 Å². The summed E-state index contributed by atoms with van der Waals surface area (Å²) in [6, 6.07) is 14.7.